The van der Waals surface area contributed by atoms with Gasteiger partial charge in [0.05, 0.1) is 10.1 Å². The second kappa shape index (κ2) is 5.09. The van der Waals surface area contributed by atoms with Crippen molar-refractivity contribution in [2.75, 3.05) is 6.79 Å². The largest absolute Gasteiger partial charge is 0.454 e. The summed E-state index contributed by atoms with van der Waals surface area (Å²) in [6.45, 7) is 0.159. The molecule has 4 rings (SSSR count). The molecule has 118 valence electrons. The van der Waals surface area contributed by atoms with Crippen molar-refractivity contribution in [3.63, 3.8) is 0 Å². The molecule has 1 aliphatic carbocycles. The highest BCUT2D eigenvalue weighted by Crippen LogP contribution is 2.54. The Labute approximate surface area is 133 Å². The van der Waals surface area contributed by atoms with Gasteiger partial charge in [-0.1, -0.05) is 24.3 Å². The summed E-state index contributed by atoms with van der Waals surface area (Å²) in [6.07, 6.45) is 0.737. The first-order chi connectivity index (χ1) is 11.1. The van der Waals surface area contributed by atoms with Crippen molar-refractivity contribution in [2.45, 2.75) is 16.1 Å². The molecule has 0 N–H and O–H groups in total. The van der Waals surface area contributed by atoms with Gasteiger partial charge in [0.1, 0.15) is 6.29 Å². The lowest BCUT2D eigenvalue weighted by atomic mass is 10.1. The molecular weight excluding hydrogens is 316 g/mol. The molecule has 2 aromatic carbocycles. The molecule has 1 fully saturated rings. The molecule has 1 heterocycles. The summed E-state index contributed by atoms with van der Waals surface area (Å²) in [4.78, 5) is 11.6. The zero-order chi connectivity index (χ0) is 16.0. The zero-order valence-corrected chi connectivity index (χ0v) is 12.9. The van der Waals surface area contributed by atoms with Gasteiger partial charge < -0.3 is 14.3 Å². The van der Waals surface area contributed by atoms with E-state index in [2.05, 4.69) is 0 Å². The molecule has 0 spiro atoms. The molecule has 5 nitrogen and oxygen atoms in total. The average molecular weight is 330 g/mol. The number of ether oxygens (including phenoxy) is 2. The van der Waals surface area contributed by atoms with E-state index in [0.29, 0.717) is 11.5 Å². The maximum Gasteiger partial charge on any atom is 0.231 e. The summed E-state index contributed by atoms with van der Waals surface area (Å²) < 4.78 is 36.1. The zero-order valence-electron chi connectivity index (χ0n) is 12.1. The van der Waals surface area contributed by atoms with Gasteiger partial charge in [-0.3, -0.25) is 0 Å². The van der Waals surface area contributed by atoms with Gasteiger partial charge in [-0.05, 0) is 29.8 Å². The molecule has 1 saturated carbocycles. The van der Waals surface area contributed by atoms with Crippen molar-refractivity contribution in [3.05, 3.63) is 54.1 Å². The van der Waals surface area contributed by atoms with E-state index < -0.39 is 21.0 Å². The van der Waals surface area contributed by atoms with Gasteiger partial charge in [0.2, 0.25) is 6.79 Å². The molecule has 1 aliphatic heterocycles. The van der Waals surface area contributed by atoms with Crippen LogP contribution in [0, 0.1) is 5.92 Å². The van der Waals surface area contributed by atoms with E-state index in [0.717, 1.165) is 11.8 Å². The number of hydrogen-bond donors (Lipinski definition) is 0. The van der Waals surface area contributed by atoms with E-state index in [1.165, 1.54) is 0 Å². The predicted octanol–water partition coefficient (Wildman–Crippen LogP) is 2.17. The highest BCUT2D eigenvalue weighted by atomic mass is 32.2. The third-order valence-electron chi connectivity index (χ3n) is 4.38. The fourth-order valence-corrected chi connectivity index (χ4v) is 5.30. The number of aldehydes is 1. The van der Waals surface area contributed by atoms with Crippen molar-refractivity contribution in [3.8, 4) is 11.5 Å². The fourth-order valence-electron chi connectivity index (χ4n) is 3.17. The van der Waals surface area contributed by atoms with Gasteiger partial charge in [0.15, 0.2) is 21.3 Å². The van der Waals surface area contributed by atoms with Crippen LogP contribution in [0.5, 0.6) is 11.5 Å². The summed E-state index contributed by atoms with van der Waals surface area (Å²) in [7, 11) is -3.54. The number of benzene rings is 2. The first kappa shape index (κ1) is 14.3. The molecule has 0 bridgehead atoms. The molecule has 0 unspecified atom stereocenters. The summed E-state index contributed by atoms with van der Waals surface area (Å²) >= 11 is 0. The average Bonchev–Trinajstić information content (AvgIpc) is 3.15. The Hall–Kier alpha value is -2.34. The Morgan fingerprint density at radius 2 is 1.74 bits per heavy atom. The van der Waals surface area contributed by atoms with E-state index in [-0.39, 0.29) is 17.6 Å². The lowest BCUT2D eigenvalue weighted by molar-refractivity contribution is -0.108. The molecule has 0 amide bonds. The van der Waals surface area contributed by atoms with Crippen LogP contribution in [0.1, 0.15) is 11.5 Å². The van der Waals surface area contributed by atoms with Crippen LogP contribution in [-0.2, 0) is 14.6 Å². The summed E-state index contributed by atoms with van der Waals surface area (Å²) in [5.41, 5.74) is 0.788. The summed E-state index contributed by atoms with van der Waals surface area (Å²) in [5, 5.41) is -0.720. The molecule has 0 saturated heterocycles. The highest BCUT2D eigenvalue weighted by Gasteiger charge is 2.59. The van der Waals surface area contributed by atoms with Crippen molar-refractivity contribution < 1.29 is 22.7 Å². The molecule has 23 heavy (non-hydrogen) atoms. The topological polar surface area (TPSA) is 69.7 Å². The molecule has 2 aromatic rings. The van der Waals surface area contributed by atoms with E-state index in [9.17, 15) is 13.2 Å². The van der Waals surface area contributed by atoms with Crippen molar-refractivity contribution in [1.29, 1.82) is 0 Å². The van der Waals surface area contributed by atoms with Gasteiger partial charge in [0, 0.05) is 11.8 Å². The Balaban J connectivity index is 1.70. The van der Waals surface area contributed by atoms with Gasteiger partial charge in [0.25, 0.3) is 0 Å². The third kappa shape index (κ3) is 2.21. The normalized spacial score (nSPS) is 25.1. The Morgan fingerprint density at radius 3 is 2.48 bits per heavy atom. The van der Waals surface area contributed by atoms with E-state index in [1.807, 2.05) is 0 Å². The summed E-state index contributed by atoms with van der Waals surface area (Å²) in [5.74, 6) is 0.363. The van der Waals surface area contributed by atoms with Crippen LogP contribution in [0.15, 0.2) is 53.4 Å². The number of rotatable bonds is 4. The lowest BCUT2D eigenvalue weighted by Crippen LogP contribution is -2.10. The standard InChI is InChI=1S/C17H14O5S/c18-9-13-16(11-6-7-14-15(8-11)22-10-21-14)17(13)23(19,20)12-4-2-1-3-5-12/h1-9,13,16-17H,10H2/t13-,16-,17+/m1/s1. The highest BCUT2D eigenvalue weighted by molar-refractivity contribution is 7.92. The monoisotopic (exact) mass is 330 g/mol. The van der Waals surface area contributed by atoms with Crippen LogP contribution in [0.25, 0.3) is 0 Å². The smallest absolute Gasteiger partial charge is 0.231 e. The number of hydrogen-bond acceptors (Lipinski definition) is 5. The van der Waals surface area contributed by atoms with Gasteiger partial charge >= 0.3 is 0 Å². The number of carbonyl (C=O) groups is 1. The summed E-state index contributed by atoms with van der Waals surface area (Å²) in [6, 6.07) is 13.6. The van der Waals surface area contributed by atoms with Crippen LogP contribution >= 0.6 is 0 Å². The number of sulfone groups is 1. The first-order valence-electron chi connectivity index (χ1n) is 7.27. The second-order valence-electron chi connectivity index (χ2n) is 5.67. The van der Waals surface area contributed by atoms with Crippen LogP contribution in [0.2, 0.25) is 0 Å². The number of carbonyl (C=O) groups excluding carboxylic acids is 1. The fraction of sp³-hybridized carbons (Fsp3) is 0.235. The van der Waals surface area contributed by atoms with Crippen LogP contribution in [-0.4, -0.2) is 26.7 Å². The maximum atomic E-state index is 12.8. The Bertz CT molecular complexity index is 860. The quantitative estimate of drug-likeness (QED) is 0.804. The molecule has 2 aliphatic rings. The minimum absolute atomic E-state index is 0.159. The Morgan fingerprint density at radius 1 is 1.00 bits per heavy atom. The number of fused-ring (bicyclic) bond motifs is 1. The second-order valence-corrected chi connectivity index (χ2v) is 7.78. The molecular formula is C17H14O5S. The van der Waals surface area contributed by atoms with Crippen LogP contribution < -0.4 is 9.47 Å². The van der Waals surface area contributed by atoms with E-state index >= 15 is 0 Å². The maximum absolute atomic E-state index is 12.8. The van der Waals surface area contributed by atoms with Gasteiger partial charge in [-0.15, -0.1) is 0 Å². The minimum Gasteiger partial charge on any atom is -0.454 e. The van der Waals surface area contributed by atoms with Crippen molar-refractivity contribution in [1.82, 2.24) is 0 Å². The SMILES string of the molecule is O=C[C@@H]1[C@@H](c2ccc3c(c2)OCO3)[C@H]1S(=O)(=O)c1ccccc1. The van der Waals surface area contributed by atoms with Crippen LogP contribution in [0.4, 0.5) is 0 Å². The van der Waals surface area contributed by atoms with Crippen molar-refractivity contribution >= 4 is 16.1 Å². The van der Waals surface area contributed by atoms with Crippen LogP contribution in [0.3, 0.4) is 0 Å². The lowest BCUT2D eigenvalue weighted by Gasteiger charge is -2.04. The molecule has 0 aromatic heterocycles. The Kier molecular flexibility index (Phi) is 3.16. The van der Waals surface area contributed by atoms with Crippen molar-refractivity contribution in [2.24, 2.45) is 5.92 Å². The first-order valence-corrected chi connectivity index (χ1v) is 8.81. The van der Waals surface area contributed by atoms with E-state index in [4.69, 9.17) is 9.47 Å². The van der Waals surface area contributed by atoms with Gasteiger partial charge in [-0.2, -0.15) is 0 Å². The molecule has 6 heteroatoms. The predicted molar refractivity (Wildman–Crippen MR) is 82.3 cm³/mol. The molecule has 3 atom stereocenters. The molecule has 0 radical (unpaired) electrons. The minimum atomic E-state index is -3.54. The van der Waals surface area contributed by atoms with Gasteiger partial charge in [-0.25, -0.2) is 8.42 Å². The van der Waals surface area contributed by atoms with E-state index in [1.54, 1.807) is 48.5 Å². The third-order valence-corrected chi connectivity index (χ3v) is 6.63.